The summed E-state index contributed by atoms with van der Waals surface area (Å²) in [6.07, 6.45) is 1.94. The number of aryl methyl sites for hydroxylation is 1. The van der Waals surface area contributed by atoms with Gasteiger partial charge in [-0.1, -0.05) is 13.8 Å². The second kappa shape index (κ2) is 4.37. The molecule has 0 aromatic carbocycles. The maximum Gasteiger partial charge on any atom is 0.251 e. The van der Waals surface area contributed by atoms with E-state index in [1.165, 1.54) is 0 Å². The van der Waals surface area contributed by atoms with Gasteiger partial charge in [-0.15, -0.1) is 0 Å². The van der Waals surface area contributed by atoms with Crippen LogP contribution in [0.1, 0.15) is 26.0 Å². The van der Waals surface area contributed by atoms with E-state index in [0.29, 0.717) is 10.7 Å². The fourth-order valence-electron chi connectivity index (χ4n) is 1.10. The molecule has 4 heteroatoms. The molecule has 2 N–H and O–H groups in total. The summed E-state index contributed by atoms with van der Waals surface area (Å²) in [5.74, 6) is 0.640. The maximum atomic E-state index is 11.0. The van der Waals surface area contributed by atoms with Crippen molar-refractivity contribution in [1.29, 1.82) is 0 Å². The Kier molecular flexibility index (Phi) is 3.42. The van der Waals surface area contributed by atoms with Crippen molar-refractivity contribution in [1.82, 2.24) is 9.97 Å². The summed E-state index contributed by atoms with van der Waals surface area (Å²) in [6, 6.07) is 1.57. The van der Waals surface area contributed by atoms with Gasteiger partial charge in [0, 0.05) is 11.8 Å². The minimum atomic E-state index is -0.123. The lowest BCUT2D eigenvalue weighted by Gasteiger charge is -2.03. The van der Waals surface area contributed by atoms with Gasteiger partial charge in [0.25, 0.3) is 5.56 Å². The van der Waals surface area contributed by atoms with Crippen LogP contribution < -0.4 is 5.56 Å². The molecule has 0 saturated heterocycles. The lowest BCUT2D eigenvalue weighted by molar-refractivity contribution is 0.580. The highest BCUT2D eigenvalue weighted by Gasteiger charge is 1.97. The zero-order valence-corrected chi connectivity index (χ0v) is 8.70. The Morgan fingerprint density at radius 3 is 2.69 bits per heavy atom. The fourth-order valence-corrected chi connectivity index (χ4v) is 1.33. The van der Waals surface area contributed by atoms with Gasteiger partial charge in [0.1, 0.15) is 0 Å². The van der Waals surface area contributed by atoms with E-state index in [1.807, 2.05) is 0 Å². The van der Waals surface area contributed by atoms with Crippen LogP contribution >= 0.6 is 12.2 Å². The third-order valence-electron chi connectivity index (χ3n) is 1.81. The van der Waals surface area contributed by atoms with Crippen molar-refractivity contribution in [3.63, 3.8) is 0 Å². The van der Waals surface area contributed by atoms with Crippen LogP contribution in [0.4, 0.5) is 0 Å². The van der Waals surface area contributed by atoms with Crippen LogP contribution in [0.25, 0.3) is 0 Å². The van der Waals surface area contributed by atoms with Gasteiger partial charge >= 0.3 is 0 Å². The summed E-state index contributed by atoms with van der Waals surface area (Å²) in [7, 11) is 0. The van der Waals surface area contributed by atoms with E-state index in [2.05, 4.69) is 23.8 Å². The van der Waals surface area contributed by atoms with Crippen LogP contribution in [0.5, 0.6) is 0 Å². The predicted octanol–water partition coefficient (Wildman–Crippen LogP) is 2.02. The van der Waals surface area contributed by atoms with Crippen LogP contribution in [0.15, 0.2) is 10.9 Å². The molecule has 1 rings (SSSR count). The van der Waals surface area contributed by atoms with E-state index in [-0.39, 0.29) is 5.56 Å². The molecule has 0 radical (unpaired) electrons. The molecule has 0 aliphatic heterocycles. The second-order valence-corrected chi connectivity index (χ2v) is 3.95. The summed E-state index contributed by atoms with van der Waals surface area (Å²) in [4.78, 5) is 16.5. The van der Waals surface area contributed by atoms with Gasteiger partial charge in [0.2, 0.25) is 0 Å². The predicted molar refractivity (Wildman–Crippen MR) is 55.4 cm³/mol. The summed E-state index contributed by atoms with van der Waals surface area (Å²) < 4.78 is 0.409. The Hall–Kier alpha value is -0.900. The number of aromatic amines is 2. The molecule has 72 valence electrons. The topological polar surface area (TPSA) is 48.6 Å². The van der Waals surface area contributed by atoms with Crippen molar-refractivity contribution < 1.29 is 0 Å². The summed E-state index contributed by atoms with van der Waals surface area (Å²) in [5.41, 5.74) is 0.796. The Balaban J connectivity index is 2.78. The molecule has 0 saturated carbocycles. The van der Waals surface area contributed by atoms with Crippen LogP contribution in [0.2, 0.25) is 0 Å². The highest BCUT2D eigenvalue weighted by atomic mass is 32.1. The standard InChI is InChI=1S/C9H14N2OS/c1-6(2)3-4-7-5-8(12)11-9(13)10-7/h5-6H,3-4H2,1-2H3,(H2,10,11,12,13). The first kappa shape index (κ1) is 10.2. The van der Waals surface area contributed by atoms with Crippen molar-refractivity contribution in [3.8, 4) is 0 Å². The SMILES string of the molecule is CC(C)CCc1cc(=O)[nH]c(=S)[nH]1. The molecule has 0 aliphatic rings. The Morgan fingerprint density at radius 2 is 2.15 bits per heavy atom. The molecule has 0 unspecified atom stereocenters. The van der Waals surface area contributed by atoms with Gasteiger partial charge < -0.3 is 4.98 Å². The average Bonchev–Trinajstić information content (AvgIpc) is 1.99. The van der Waals surface area contributed by atoms with Gasteiger partial charge in [-0.3, -0.25) is 9.78 Å². The number of nitrogens with one attached hydrogen (secondary N) is 2. The van der Waals surface area contributed by atoms with Crippen LogP contribution in [0.3, 0.4) is 0 Å². The smallest absolute Gasteiger partial charge is 0.251 e. The Labute approximate surface area is 82.2 Å². The summed E-state index contributed by atoms with van der Waals surface area (Å²) >= 11 is 4.86. The molecule has 1 aromatic rings. The highest BCUT2D eigenvalue weighted by Crippen LogP contribution is 2.04. The number of H-pyrrole nitrogens is 2. The van der Waals surface area contributed by atoms with E-state index in [9.17, 15) is 4.79 Å². The Bertz CT molecular complexity index is 349. The number of hydrogen-bond donors (Lipinski definition) is 2. The van der Waals surface area contributed by atoms with Gasteiger partial charge in [-0.05, 0) is 31.0 Å². The first-order valence-corrected chi connectivity index (χ1v) is 4.81. The van der Waals surface area contributed by atoms with Gasteiger partial charge in [0.15, 0.2) is 4.77 Å². The van der Waals surface area contributed by atoms with Crippen molar-refractivity contribution in [2.45, 2.75) is 26.7 Å². The van der Waals surface area contributed by atoms with Gasteiger partial charge in [-0.2, -0.15) is 0 Å². The zero-order valence-electron chi connectivity index (χ0n) is 7.89. The minimum absolute atomic E-state index is 0.123. The van der Waals surface area contributed by atoms with E-state index >= 15 is 0 Å². The summed E-state index contributed by atoms with van der Waals surface area (Å²) in [5, 5.41) is 0. The molecular formula is C9H14N2OS. The molecule has 0 fully saturated rings. The molecule has 3 nitrogen and oxygen atoms in total. The maximum absolute atomic E-state index is 11.0. The van der Waals surface area contributed by atoms with Gasteiger partial charge in [0.05, 0.1) is 0 Å². The zero-order chi connectivity index (χ0) is 9.84. The van der Waals surface area contributed by atoms with Gasteiger partial charge in [-0.25, -0.2) is 0 Å². The first-order valence-electron chi connectivity index (χ1n) is 4.40. The van der Waals surface area contributed by atoms with Crippen LogP contribution in [-0.4, -0.2) is 9.97 Å². The molecule has 13 heavy (non-hydrogen) atoms. The number of hydrogen-bond acceptors (Lipinski definition) is 2. The minimum Gasteiger partial charge on any atom is -0.336 e. The lowest BCUT2D eigenvalue weighted by atomic mass is 10.1. The third kappa shape index (κ3) is 3.55. The monoisotopic (exact) mass is 198 g/mol. The number of aromatic nitrogens is 2. The third-order valence-corrected chi connectivity index (χ3v) is 2.01. The Morgan fingerprint density at radius 1 is 1.46 bits per heavy atom. The van der Waals surface area contributed by atoms with Crippen molar-refractivity contribution in [2.75, 3.05) is 0 Å². The van der Waals surface area contributed by atoms with Crippen LogP contribution in [-0.2, 0) is 6.42 Å². The molecule has 0 spiro atoms. The molecule has 1 heterocycles. The van der Waals surface area contributed by atoms with Crippen LogP contribution in [0, 0.1) is 10.7 Å². The normalized spacial score (nSPS) is 10.7. The second-order valence-electron chi connectivity index (χ2n) is 3.55. The van der Waals surface area contributed by atoms with Crippen molar-refractivity contribution >= 4 is 12.2 Å². The van der Waals surface area contributed by atoms with E-state index < -0.39 is 0 Å². The first-order chi connectivity index (χ1) is 6.08. The van der Waals surface area contributed by atoms with Crippen molar-refractivity contribution in [2.24, 2.45) is 5.92 Å². The molecule has 0 amide bonds. The van der Waals surface area contributed by atoms with E-state index in [0.717, 1.165) is 18.5 Å². The highest BCUT2D eigenvalue weighted by molar-refractivity contribution is 7.71. The molecule has 0 atom stereocenters. The molecule has 0 bridgehead atoms. The van der Waals surface area contributed by atoms with E-state index in [1.54, 1.807) is 6.07 Å². The van der Waals surface area contributed by atoms with Crippen molar-refractivity contribution in [3.05, 3.63) is 26.9 Å². The largest absolute Gasteiger partial charge is 0.336 e. The number of rotatable bonds is 3. The molecule has 1 aromatic heterocycles. The average molecular weight is 198 g/mol. The quantitative estimate of drug-likeness (QED) is 0.730. The fraction of sp³-hybridized carbons (Fsp3) is 0.556. The molecular weight excluding hydrogens is 184 g/mol. The van der Waals surface area contributed by atoms with E-state index in [4.69, 9.17) is 12.2 Å². The summed E-state index contributed by atoms with van der Waals surface area (Å²) in [6.45, 7) is 4.31. The lowest BCUT2D eigenvalue weighted by Crippen LogP contribution is -2.09. The molecule has 0 aliphatic carbocycles.